The molecule has 32 heavy (non-hydrogen) atoms. The van der Waals surface area contributed by atoms with Crippen LogP contribution >= 0.6 is 11.6 Å². The van der Waals surface area contributed by atoms with Gasteiger partial charge in [0.1, 0.15) is 5.75 Å². The van der Waals surface area contributed by atoms with Crippen LogP contribution < -0.4 is 9.04 Å². The molecule has 0 saturated heterocycles. The number of anilines is 1. The smallest absolute Gasteiger partial charge is 0.253 e. The Hall–Kier alpha value is -3.03. The van der Waals surface area contributed by atoms with Gasteiger partial charge in [0.25, 0.3) is 5.91 Å². The molecule has 6 nitrogen and oxygen atoms in total. The average molecular weight is 473 g/mol. The highest BCUT2D eigenvalue weighted by Crippen LogP contribution is 2.24. The van der Waals surface area contributed by atoms with Crippen LogP contribution in [0.25, 0.3) is 0 Å². The van der Waals surface area contributed by atoms with Crippen molar-refractivity contribution in [3.05, 3.63) is 94.5 Å². The molecule has 3 rings (SSSR count). The Balaban J connectivity index is 1.72. The van der Waals surface area contributed by atoms with Crippen LogP contribution in [0.15, 0.2) is 72.8 Å². The Bertz CT molecular complexity index is 1180. The first-order valence-electron chi connectivity index (χ1n) is 9.88. The number of rotatable bonds is 8. The van der Waals surface area contributed by atoms with Crippen molar-refractivity contribution in [3.8, 4) is 5.75 Å². The van der Waals surface area contributed by atoms with Gasteiger partial charge in [-0.1, -0.05) is 41.9 Å². The number of methoxy groups -OCH3 is 1. The summed E-state index contributed by atoms with van der Waals surface area (Å²) in [6.07, 6.45) is 1.15. The topological polar surface area (TPSA) is 66.9 Å². The Labute approximate surface area is 194 Å². The van der Waals surface area contributed by atoms with Gasteiger partial charge in [0.05, 0.1) is 25.6 Å². The van der Waals surface area contributed by atoms with E-state index >= 15 is 0 Å². The van der Waals surface area contributed by atoms with E-state index in [1.54, 1.807) is 67.6 Å². The van der Waals surface area contributed by atoms with E-state index in [2.05, 4.69) is 0 Å². The summed E-state index contributed by atoms with van der Waals surface area (Å²) in [7, 11) is -0.171. The molecule has 0 aliphatic rings. The molecule has 0 saturated carbocycles. The van der Waals surface area contributed by atoms with Crippen molar-refractivity contribution in [2.24, 2.45) is 0 Å². The number of nitrogens with zero attached hydrogens (tertiary/aromatic N) is 2. The molecule has 0 N–H and O–H groups in total. The van der Waals surface area contributed by atoms with Crippen molar-refractivity contribution in [3.63, 3.8) is 0 Å². The van der Waals surface area contributed by atoms with Crippen molar-refractivity contribution >= 4 is 33.2 Å². The van der Waals surface area contributed by atoms with Crippen LogP contribution in [0.1, 0.15) is 21.5 Å². The number of halogens is 1. The van der Waals surface area contributed by atoms with Crippen LogP contribution in [-0.2, 0) is 23.1 Å². The van der Waals surface area contributed by atoms with Gasteiger partial charge in [0, 0.05) is 24.2 Å². The highest BCUT2D eigenvalue weighted by Gasteiger charge is 2.19. The lowest BCUT2D eigenvalue weighted by molar-refractivity contribution is 0.0785. The first-order chi connectivity index (χ1) is 15.2. The molecule has 1 amide bonds. The molecule has 0 aromatic heterocycles. The number of benzene rings is 3. The number of hydrogen-bond acceptors (Lipinski definition) is 4. The van der Waals surface area contributed by atoms with Gasteiger partial charge in [-0.3, -0.25) is 9.10 Å². The number of sulfonamides is 1. The van der Waals surface area contributed by atoms with E-state index in [4.69, 9.17) is 16.3 Å². The fourth-order valence-corrected chi connectivity index (χ4v) is 4.31. The molecular weight excluding hydrogens is 448 g/mol. The predicted octanol–water partition coefficient (Wildman–Crippen LogP) is 4.59. The van der Waals surface area contributed by atoms with Crippen LogP contribution in [0, 0.1) is 0 Å². The molecule has 0 fully saturated rings. The summed E-state index contributed by atoms with van der Waals surface area (Å²) < 4.78 is 31.1. The van der Waals surface area contributed by atoms with Crippen molar-refractivity contribution in [2.45, 2.75) is 13.1 Å². The zero-order valence-electron chi connectivity index (χ0n) is 18.2. The van der Waals surface area contributed by atoms with E-state index in [0.717, 1.165) is 23.1 Å². The quantitative estimate of drug-likeness (QED) is 0.481. The second-order valence-electron chi connectivity index (χ2n) is 7.46. The van der Waals surface area contributed by atoms with Gasteiger partial charge < -0.3 is 9.64 Å². The summed E-state index contributed by atoms with van der Waals surface area (Å²) in [5, 5.41) is 0.456. The zero-order chi connectivity index (χ0) is 23.3. The van der Waals surface area contributed by atoms with Crippen LogP contribution in [0.2, 0.25) is 5.02 Å². The number of hydrogen-bond donors (Lipinski definition) is 0. The molecule has 0 atom stereocenters. The largest absolute Gasteiger partial charge is 0.497 e. The Morgan fingerprint density at radius 3 is 2.09 bits per heavy atom. The SMILES string of the molecule is COc1ccc(CN(C)C(=O)c2ccc(CN(c3cccc(Cl)c3)S(C)(=O)=O)cc2)cc1. The molecule has 168 valence electrons. The lowest BCUT2D eigenvalue weighted by Crippen LogP contribution is -2.29. The van der Waals surface area contributed by atoms with Crippen molar-refractivity contribution < 1.29 is 17.9 Å². The summed E-state index contributed by atoms with van der Waals surface area (Å²) in [6, 6.07) is 21.2. The molecule has 0 radical (unpaired) electrons. The summed E-state index contributed by atoms with van der Waals surface area (Å²) in [6.45, 7) is 0.594. The second kappa shape index (κ2) is 10.1. The molecule has 8 heteroatoms. The first kappa shape index (κ1) is 23.6. The number of ether oxygens (including phenoxy) is 1. The van der Waals surface area contributed by atoms with Crippen LogP contribution in [-0.4, -0.2) is 39.6 Å². The summed E-state index contributed by atoms with van der Waals surface area (Å²) in [5.41, 5.74) is 2.76. The fourth-order valence-electron chi connectivity index (χ4n) is 3.25. The third-order valence-electron chi connectivity index (χ3n) is 4.95. The molecule has 0 aliphatic carbocycles. The van der Waals surface area contributed by atoms with E-state index in [1.807, 2.05) is 24.3 Å². The van der Waals surface area contributed by atoms with E-state index in [1.165, 1.54) is 4.31 Å². The predicted molar refractivity (Wildman–Crippen MR) is 128 cm³/mol. The van der Waals surface area contributed by atoms with Crippen LogP contribution in [0.3, 0.4) is 0 Å². The number of carbonyl (C=O) groups is 1. The maximum absolute atomic E-state index is 12.8. The molecule has 0 bridgehead atoms. The molecule has 3 aromatic rings. The van der Waals surface area contributed by atoms with Gasteiger partial charge in [0.2, 0.25) is 10.0 Å². The molecule has 0 aliphatic heterocycles. The Kier molecular flexibility index (Phi) is 7.43. The molecule has 0 heterocycles. The van der Waals surface area contributed by atoms with E-state index in [-0.39, 0.29) is 12.5 Å². The van der Waals surface area contributed by atoms with Crippen molar-refractivity contribution in [1.29, 1.82) is 0 Å². The Morgan fingerprint density at radius 1 is 0.938 bits per heavy atom. The zero-order valence-corrected chi connectivity index (χ0v) is 19.7. The lowest BCUT2D eigenvalue weighted by atomic mass is 10.1. The monoisotopic (exact) mass is 472 g/mol. The Morgan fingerprint density at radius 2 is 1.53 bits per heavy atom. The summed E-state index contributed by atoms with van der Waals surface area (Å²) in [4.78, 5) is 14.4. The summed E-state index contributed by atoms with van der Waals surface area (Å²) in [5.74, 6) is 0.640. The number of amides is 1. The van der Waals surface area contributed by atoms with Gasteiger partial charge in [-0.25, -0.2) is 8.42 Å². The molecular formula is C24H25ClN2O4S. The average Bonchev–Trinajstić information content (AvgIpc) is 2.77. The van der Waals surface area contributed by atoms with Gasteiger partial charge in [-0.15, -0.1) is 0 Å². The third kappa shape index (κ3) is 6.02. The minimum atomic E-state index is -3.52. The van der Waals surface area contributed by atoms with Crippen molar-refractivity contribution in [1.82, 2.24) is 4.90 Å². The fraction of sp³-hybridized carbons (Fsp3) is 0.208. The van der Waals surface area contributed by atoms with Gasteiger partial charge in [-0.2, -0.15) is 0 Å². The van der Waals surface area contributed by atoms with E-state index in [9.17, 15) is 13.2 Å². The minimum Gasteiger partial charge on any atom is -0.497 e. The van der Waals surface area contributed by atoms with Crippen LogP contribution in [0.5, 0.6) is 5.75 Å². The normalized spacial score (nSPS) is 11.1. The first-order valence-corrected chi connectivity index (χ1v) is 12.1. The molecule has 0 unspecified atom stereocenters. The molecule has 3 aromatic carbocycles. The lowest BCUT2D eigenvalue weighted by Gasteiger charge is -2.23. The van der Waals surface area contributed by atoms with E-state index < -0.39 is 10.0 Å². The summed E-state index contributed by atoms with van der Waals surface area (Å²) >= 11 is 6.03. The van der Waals surface area contributed by atoms with Crippen LogP contribution in [0.4, 0.5) is 5.69 Å². The number of carbonyl (C=O) groups excluding carboxylic acids is 1. The van der Waals surface area contributed by atoms with Gasteiger partial charge in [0.15, 0.2) is 0 Å². The highest BCUT2D eigenvalue weighted by molar-refractivity contribution is 7.92. The maximum atomic E-state index is 12.8. The molecule has 0 spiro atoms. The van der Waals surface area contributed by atoms with Gasteiger partial charge >= 0.3 is 0 Å². The third-order valence-corrected chi connectivity index (χ3v) is 6.32. The van der Waals surface area contributed by atoms with E-state index in [0.29, 0.717) is 22.8 Å². The minimum absolute atomic E-state index is 0.123. The van der Waals surface area contributed by atoms with Crippen molar-refractivity contribution in [2.75, 3.05) is 24.7 Å². The standard InChI is InChI=1S/C24H25ClN2O4S/c1-26(16-18-9-13-23(31-2)14-10-18)24(28)20-11-7-19(8-12-20)17-27(32(3,29)30)22-6-4-5-21(25)15-22/h4-15H,16-17H2,1-3H3. The van der Waals surface area contributed by atoms with Gasteiger partial charge in [-0.05, 0) is 53.6 Å². The second-order valence-corrected chi connectivity index (χ2v) is 9.80. The maximum Gasteiger partial charge on any atom is 0.253 e. The highest BCUT2D eigenvalue weighted by atomic mass is 35.5.